The fourth-order valence-corrected chi connectivity index (χ4v) is 1.85. The molecule has 5 heteroatoms. The third kappa shape index (κ3) is 7.78. The van der Waals surface area contributed by atoms with E-state index < -0.39 is 12.3 Å². The summed E-state index contributed by atoms with van der Waals surface area (Å²) in [6.45, 7) is 2.52. The molecular weight excluding hydrogens is 284 g/mol. The van der Waals surface area contributed by atoms with Crippen LogP contribution in [-0.2, 0) is 14.3 Å². The van der Waals surface area contributed by atoms with Gasteiger partial charge in [-0.25, -0.2) is 4.79 Å². The predicted octanol–water partition coefficient (Wildman–Crippen LogP) is 3.07. The second-order valence-electron chi connectivity index (χ2n) is 5.05. The zero-order chi connectivity index (χ0) is 16.2. The molecule has 0 saturated heterocycles. The lowest BCUT2D eigenvalue weighted by Crippen LogP contribution is -2.19. The summed E-state index contributed by atoms with van der Waals surface area (Å²) in [5.74, 6) is -0.993. The number of ether oxygens (including phenoxy) is 2. The van der Waals surface area contributed by atoms with Crippen LogP contribution < -0.4 is 0 Å². The predicted molar refractivity (Wildman–Crippen MR) is 82.2 cm³/mol. The van der Waals surface area contributed by atoms with Crippen LogP contribution in [0, 0.1) is 0 Å². The van der Waals surface area contributed by atoms with Gasteiger partial charge in [0.25, 0.3) is 0 Å². The van der Waals surface area contributed by atoms with Gasteiger partial charge in [-0.05, 0) is 18.6 Å². The van der Waals surface area contributed by atoms with Gasteiger partial charge in [0.15, 0.2) is 0 Å². The summed E-state index contributed by atoms with van der Waals surface area (Å²) >= 11 is 0. The number of hydrogen-bond acceptors (Lipinski definition) is 5. The van der Waals surface area contributed by atoms with Gasteiger partial charge in [0.1, 0.15) is 0 Å². The van der Waals surface area contributed by atoms with E-state index in [4.69, 9.17) is 9.47 Å². The average molecular weight is 308 g/mol. The van der Waals surface area contributed by atoms with Crippen molar-refractivity contribution in [2.45, 2.75) is 51.7 Å². The minimum atomic E-state index is -1.31. The van der Waals surface area contributed by atoms with E-state index in [9.17, 15) is 14.7 Å². The molecule has 0 fully saturated rings. The van der Waals surface area contributed by atoms with Gasteiger partial charge >= 0.3 is 11.9 Å². The average Bonchev–Trinajstić information content (AvgIpc) is 2.53. The van der Waals surface area contributed by atoms with Crippen LogP contribution in [0.1, 0.15) is 55.8 Å². The molecule has 1 aromatic carbocycles. The number of esters is 2. The van der Waals surface area contributed by atoms with Crippen molar-refractivity contribution in [3.05, 3.63) is 35.9 Å². The maximum Gasteiger partial charge on any atom is 0.340 e. The second kappa shape index (κ2) is 10.8. The fourth-order valence-electron chi connectivity index (χ4n) is 1.85. The monoisotopic (exact) mass is 308 g/mol. The van der Waals surface area contributed by atoms with Gasteiger partial charge in [-0.3, -0.25) is 4.79 Å². The molecule has 0 aliphatic rings. The number of carbonyl (C=O) groups is 2. The number of rotatable bonds is 10. The van der Waals surface area contributed by atoms with Crippen LogP contribution in [0.2, 0.25) is 0 Å². The Morgan fingerprint density at radius 3 is 2.55 bits per heavy atom. The Morgan fingerprint density at radius 2 is 1.86 bits per heavy atom. The van der Waals surface area contributed by atoms with E-state index >= 15 is 0 Å². The molecule has 1 atom stereocenters. The van der Waals surface area contributed by atoms with Gasteiger partial charge in [-0.2, -0.15) is 0 Å². The number of unbranched alkanes of at least 4 members (excludes halogenated alkanes) is 3. The first kappa shape index (κ1) is 18.2. The number of aliphatic hydroxyl groups is 1. The van der Waals surface area contributed by atoms with Crippen LogP contribution in [0.25, 0.3) is 0 Å². The Morgan fingerprint density at radius 1 is 1.14 bits per heavy atom. The number of hydrogen-bond donors (Lipinski definition) is 1. The zero-order valence-corrected chi connectivity index (χ0v) is 13.0. The van der Waals surface area contributed by atoms with Crippen molar-refractivity contribution in [3.8, 4) is 0 Å². The molecule has 5 nitrogen and oxygen atoms in total. The lowest BCUT2D eigenvalue weighted by Gasteiger charge is -2.11. The van der Waals surface area contributed by atoms with Crippen molar-refractivity contribution in [3.63, 3.8) is 0 Å². The molecule has 1 rings (SSSR count). The molecule has 1 unspecified atom stereocenters. The van der Waals surface area contributed by atoms with Gasteiger partial charge in [-0.1, -0.05) is 44.4 Å². The van der Waals surface area contributed by atoms with Crippen molar-refractivity contribution in [2.75, 3.05) is 6.61 Å². The highest BCUT2D eigenvalue weighted by Crippen LogP contribution is 2.07. The van der Waals surface area contributed by atoms with E-state index in [1.54, 1.807) is 30.3 Å². The third-order valence-corrected chi connectivity index (χ3v) is 3.11. The Balaban J connectivity index is 2.16. The summed E-state index contributed by atoms with van der Waals surface area (Å²) in [5.41, 5.74) is 0.361. The first-order chi connectivity index (χ1) is 10.6. The van der Waals surface area contributed by atoms with Crippen LogP contribution in [0.3, 0.4) is 0 Å². The highest BCUT2D eigenvalue weighted by molar-refractivity contribution is 5.89. The Bertz CT molecular complexity index is 444. The van der Waals surface area contributed by atoms with Crippen molar-refractivity contribution in [1.82, 2.24) is 0 Å². The zero-order valence-electron chi connectivity index (χ0n) is 13.0. The van der Waals surface area contributed by atoms with E-state index in [0.717, 1.165) is 25.7 Å². The van der Waals surface area contributed by atoms with Crippen LogP contribution in [0.15, 0.2) is 30.3 Å². The van der Waals surface area contributed by atoms with Gasteiger partial charge < -0.3 is 14.6 Å². The minimum Gasteiger partial charge on any atom is -0.466 e. The Kier molecular flexibility index (Phi) is 8.91. The molecule has 0 spiro atoms. The topological polar surface area (TPSA) is 72.8 Å². The molecule has 1 aromatic rings. The minimum absolute atomic E-state index is 0.0248. The van der Waals surface area contributed by atoms with Crippen LogP contribution in [0.4, 0.5) is 0 Å². The maximum absolute atomic E-state index is 11.7. The molecular formula is C17H24O5. The molecule has 0 radical (unpaired) electrons. The van der Waals surface area contributed by atoms with Crippen LogP contribution in [0.5, 0.6) is 0 Å². The lowest BCUT2D eigenvalue weighted by atomic mass is 10.2. The Hall–Kier alpha value is -1.88. The smallest absolute Gasteiger partial charge is 0.340 e. The summed E-state index contributed by atoms with van der Waals surface area (Å²) in [4.78, 5) is 23.1. The molecule has 0 aliphatic heterocycles. The molecule has 0 aliphatic carbocycles. The highest BCUT2D eigenvalue weighted by atomic mass is 16.6. The van der Waals surface area contributed by atoms with Crippen molar-refractivity contribution >= 4 is 11.9 Å². The lowest BCUT2D eigenvalue weighted by molar-refractivity contribution is -0.146. The molecule has 1 N–H and O–H groups in total. The van der Waals surface area contributed by atoms with Crippen LogP contribution >= 0.6 is 0 Å². The number of benzene rings is 1. The molecule has 0 heterocycles. The first-order valence-electron chi connectivity index (χ1n) is 7.73. The van der Waals surface area contributed by atoms with E-state index in [1.165, 1.54) is 0 Å². The van der Waals surface area contributed by atoms with Crippen molar-refractivity contribution in [1.29, 1.82) is 0 Å². The van der Waals surface area contributed by atoms with E-state index in [0.29, 0.717) is 12.2 Å². The van der Waals surface area contributed by atoms with Gasteiger partial charge in [-0.15, -0.1) is 0 Å². The number of carbonyl (C=O) groups excluding carboxylic acids is 2. The van der Waals surface area contributed by atoms with Gasteiger partial charge in [0.2, 0.25) is 6.29 Å². The number of aliphatic hydroxyl groups excluding tert-OH is 1. The van der Waals surface area contributed by atoms with E-state index in [2.05, 4.69) is 6.92 Å². The summed E-state index contributed by atoms with van der Waals surface area (Å²) in [6.07, 6.45) is 2.91. The SMILES string of the molecule is CCCCCCOC(=O)CCC(O)OC(=O)c1ccccc1. The van der Waals surface area contributed by atoms with Crippen LogP contribution in [-0.4, -0.2) is 29.9 Å². The summed E-state index contributed by atoms with van der Waals surface area (Å²) in [7, 11) is 0. The summed E-state index contributed by atoms with van der Waals surface area (Å²) in [6, 6.07) is 8.39. The normalized spacial score (nSPS) is 11.7. The Labute approximate surface area is 131 Å². The molecule has 122 valence electrons. The van der Waals surface area contributed by atoms with Crippen molar-refractivity contribution < 1.29 is 24.2 Å². The third-order valence-electron chi connectivity index (χ3n) is 3.11. The fraction of sp³-hybridized carbons (Fsp3) is 0.529. The van der Waals surface area contributed by atoms with E-state index in [1.807, 2.05) is 0 Å². The van der Waals surface area contributed by atoms with E-state index in [-0.39, 0.29) is 18.8 Å². The summed E-state index contributed by atoms with van der Waals surface area (Å²) < 4.78 is 9.89. The standard InChI is InChI=1S/C17H24O5/c1-2-3-4-8-13-21-15(18)11-12-16(19)22-17(20)14-9-6-5-7-10-14/h5-7,9-10,16,19H,2-4,8,11-13H2,1H3. The van der Waals surface area contributed by atoms with Crippen molar-refractivity contribution in [2.24, 2.45) is 0 Å². The molecule has 0 amide bonds. The van der Waals surface area contributed by atoms with Gasteiger partial charge in [0.05, 0.1) is 18.6 Å². The summed E-state index contributed by atoms with van der Waals surface area (Å²) in [5, 5.41) is 9.62. The maximum atomic E-state index is 11.7. The largest absolute Gasteiger partial charge is 0.466 e. The first-order valence-corrected chi connectivity index (χ1v) is 7.73. The van der Waals surface area contributed by atoms with Gasteiger partial charge in [0, 0.05) is 6.42 Å². The molecule has 0 aromatic heterocycles. The second-order valence-corrected chi connectivity index (χ2v) is 5.05. The molecule has 0 bridgehead atoms. The molecule has 22 heavy (non-hydrogen) atoms. The molecule has 0 saturated carbocycles. The highest BCUT2D eigenvalue weighted by Gasteiger charge is 2.15. The quantitative estimate of drug-likeness (QED) is 0.408.